The molecule has 1 aliphatic heterocycles. The van der Waals surface area contributed by atoms with Crippen LogP contribution in [0.25, 0.3) is 5.69 Å². The molecular formula is C15H16ClN3O. The molecule has 0 aliphatic carbocycles. The third-order valence-corrected chi connectivity index (χ3v) is 3.81. The average Bonchev–Trinajstić information content (AvgIpc) is 3.10. The Morgan fingerprint density at radius 3 is 2.60 bits per heavy atom. The molecule has 0 unspecified atom stereocenters. The monoisotopic (exact) mass is 289 g/mol. The SMILES string of the molecule is O=C(CN1CCCC1)c1cnn(-c2ccc(Cl)cc2)c1. The number of likely N-dealkylation sites (tertiary alicyclic amines) is 1. The molecule has 1 aliphatic rings. The zero-order valence-corrected chi connectivity index (χ0v) is 11.9. The summed E-state index contributed by atoms with van der Waals surface area (Å²) < 4.78 is 1.70. The molecule has 0 N–H and O–H groups in total. The van der Waals surface area contributed by atoms with E-state index in [0.29, 0.717) is 17.1 Å². The normalized spacial score (nSPS) is 15.7. The Bertz CT molecular complexity index is 600. The lowest BCUT2D eigenvalue weighted by molar-refractivity contribution is 0.0945. The second-order valence-electron chi connectivity index (χ2n) is 5.06. The van der Waals surface area contributed by atoms with Crippen LogP contribution in [0, 0.1) is 0 Å². The summed E-state index contributed by atoms with van der Waals surface area (Å²) in [6, 6.07) is 7.38. The van der Waals surface area contributed by atoms with E-state index in [-0.39, 0.29) is 5.78 Å². The van der Waals surface area contributed by atoms with Gasteiger partial charge in [0.05, 0.1) is 24.0 Å². The van der Waals surface area contributed by atoms with E-state index in [4.69, 9.17) is 11.6 Å². The highest BCUT2D eigenvalue weighted by Gasteiger charge is 2.17. The average molecular weight is 290 g/mol. The highest BCUT2D eigenvalue weighted by atomic mass is 35.5. The van der Waals surface area contributed by atoms with E-state index in [0.717, 1.165) is 18.8 Å². The number of ketones is 1. The minimum absolute atomic E-state index is 0.132. The lowest BCUT2D eigenvalue weighted by Crippen LogP contribution is -2.26. The van der Waals surface area contributed by atoms with E-state index in [1.165, 1.54) is 12.8 Å². The molecule has 2 heterocycles. The summed E-state index contributed by atoms with van der Waals surface area (Å²) in [4.78, 5) is 14.4. The van der Waals surface area contributed by atoms with Crippen molar-refractivity contribution in [1.29, 1.82) is 0 Å². The Labute approximate surface area is 123 Å². The fourth-order valence-electron chi connectivity index (χ4n) is 2.44. The minimum Gasteiger partial charge on any atom is -0.296 e. The molecule has 0 bridgehead atoms. The number of carbonyl (C=O) groups excluding carboxylic acids is 1. The van der Waals surface area contributed by atoms with E-state index >= 15 is 0 Å². The van der Waals surface area contributed by atoms with E-state index in [1.807, 2.05) is 24.3 Å². The first-order valence-corrected chi connectivity index (χ1v) is 7.16. The molecule has 2 aromatic rings. The summed E-state index contributed by atoms with van der Waals surface area (Å²) in [5.41, 5.74) is 1.56. The standard InChI is InChI=1S/C15H16ClN3O/c16-13-3-5-14(6-4-13)19-10-12(9-17-19)15(20)11-18-7-1-2-8-18/h3-6,9-10H,1-2,7-8,11H2. The van der Waals surface area contributed by atoms with Crippen LogP contribution in [0.15, 0.2) is 36.7 Å². The second-order valence-corrected chi connectivity index (χ2v) is 5.49. The minimum atomic E-state index is 0.132. The molecule has 1 fully saturated rings. The van der Waals surface area contributed by atoms with Crippen LogP contribution < -0.4 is 0 Å². The van der Waals surface area contributed by atoms with Crippen molar-refractivity contribution in [2.24, 2.45) is 0 Å². The molecule has 0 amide bonds. The number of aromatic nitrogens is 2. The maximum atomic E-state index is 12.2. The molecule has 0 atom stereocenters. The van der Waals surface area contributed by atoms with Crippen molar-refractivity contribution in [3.63, 3.8) is 0 Å². The van der Waals surface area contributed by atoms with Gasteiger partial charge >= 0.3 is 0 Å². The van der Waals surface area contributed by atoms with Gasteiger partial charge in [-0.05, 0) is 50.2 Å². The van der Waals surface area contributed by atoms with Gasteiger partial charge in [-0.2, -0.15) is 5.10 Å². The van der Waals surface area contributed by atoms with Gasteiger partial charge in [0.25, 0.3) is 0 Å². The lowest BCUT2D eigenvalue weighted by Gasteiger charge is -2.11. The third-order valence-electron chi connectivity index (χ3n) is 3.56. The van der Waals surface area contributed by atoms with Crippen molar-refractivity contribution in [2.45, 2.75) is 12.8 Å². The molecule has 4 nitrogen and oxygen atoms in total. The Kier molecular flexibility index (Phi) is 3.85. The van der Waals surface area contributed by atoms with Gasteiger partial charge in [-0.3, -0.25) is 9.69 Å². The van der Waals surface area contributed by atoms with Crippen LogP contribution >= 0.6 is 11.6 Å². The molecular weight excluding hydrogens is 274 g/mol. The van der Waals surface area contributed by atoms with Gasteiger partial charge in [-0.25, -0.2) is 4.68 Å². The van der Waals surface area contributed by atoms with Crippen molar-refractivity contribution < 1.29 is 4.79 Å². The van der Waals surface area contributed by atoms with Crippen LogP contribution in [0.2, 0.25) is 5.02 Å². The summed E-state index contributed by atoms with van der Waals surface area (Å²) in [7, 11) is 0. The highest BCUT2D eigenvalue weighted by Crippen LogP contribution is 2.14. The van der Waals surface area contributed by atoms with Gasteiger partial charge in [0.1, 0.15) is 0 Å². The Morgan fingerprint density at radius 1 is 1.20 bits per heavy atom. The van der Waals surface area contributed by atoms with Crippen molar-refractivity contribution in [1.82, 2.24) is 14.7 Å². The molecule has 5 heteroatoms. The van der Waals surface area contributed by atoms with Crippen LogP contribution in [-0.2, 0) is 0 Å². The van der Waals surface area contributed by atoms with Crippen molar-refractivity contribution >= 4 is 17.4 Å². The number of hydrogen-bond donors (Lipinski definition) is 0. The Balaban J connectivity index is 1.72. The molecule has 1 saturated heterocycles. The maximum absolute atomic E-state index is 12.2. The number of rotatable bonds is 4. The quantitative estimate of drug-likeness (QED) is 0.813. The fraction of sp³-hybridized carbons (Fsp3) is 0.333. The van der Waals surface area contributed by atoms with Gasteiger partial charge in [0, 0.05) is 11.2 Å². The molecule has 1 aromatic carbocycles. The maximum Gasteiger partial charge on any atom is 0.179 e. The molecule has 20 heavy (non-hydrogen) atoms. The Hall–Kier alpha value is -1.65. The van der Waals surface area contributed by atoms with Gasteiger partial charge in [-0.15, -0.1) is 0 Å². The number of benzene rings is 1. The highest BCUT2D eigenvalue weighted by molar-refractivity contribution is 6.30. The molecule has 0 radical (unpaired) electrons. The van der Waals surface area contributed by atoms with Gasteiger partial charge in [0.15, 0.2) is 5.78 Å². The molecule has 0 spiro atoms. The smallest absolute Gasteiger partial charge is 0.179 e. The zero-order valence-electron chi connectivity index (χ0n) is 11.1. The van der Waals surface area contributed by atoms with Gasteiger partial charge < -0.3 is 0 Å². The molecule has 104 valence electrons. The topological polar surface area (TPSA) is 38.1 Å². The molecule has 0 saturated carbocycles. The molecule has 3 rings (SSSR count). The van der Waals surface area contributed by atoms with E-state index in [1.54, 1.807) is 17.1 Å². The molecule has 1 aromatic heterocycles. The van der Waals surface area contributed by atoms with Crippen LogP contribution in [0.1, 0.15) is 23.2 Å². The zero-order chi connectivity index (χ0) is 13.9. The van der Waals surface area contributed by atoms with Gasteiger partial charge in [-0.1, -0.05) is 11.6 Å². The third kappa shape index (κ3) is 2.92. The predicted octanol–water partition coefficient (Wildman–Crippen LogP) is 2.80. The number of hydrogen-bond acceptors (Lipinski definition) is 3. The van der Waals surface area contributed by atoms with Gasteiger partial charge in [0.2, 0.25) is 0 Å². The number of nitrogens with zero attached hydrogens (tertiary/aromatic N) is 3. The van der Waals surface area contributed by atoms with E-state index < -0.39 is 0 Å². The van der Waals surface area contributed by atoms with Crippen LogP contribution in [-0.4, -0.2) is 40.1 Å². The first kappa shape index (κ1) is 13.3. The number of halogens is 1. The van der Waals surface area contributed by atoms with Crippen molar-refractivity contribution in [3.8, 4) is 5.69 Å². The largest absolute Gasteiger partial charge is 0.296 e. The number of carbonyl (C=O) groups is 1. The lowest BCUT2D eigenvalue weighted by atomic mass is 10.2. The van der Waals surface area contributed by atoms with Crippen molar-refractivity contribution in [3.05, 3.63) is 47.2 Å². The first-order chi connectivity index (χ1) is 9.72. The van der Waals surface area contributed by atoms with E-state index in [9.17, 15) is 4.79 Å². The summed E-state index contributed by atoms with van der Waals surface area (Å²) in [5, 5.41) is 4.93. The first-order valence-electron chi connectivity index (χ1n) is 6.78. The van der Waals surface area contributed by atoms with Crippen LogP contribution in [0.3, 0.4) is 0 Å². The van der Waals surface area contributed by atoms with Crippen LogP contribution in [0.5, 0.6) is 0 Å². The summed E-state index contributed by atoms with van der Waals surface area (Å²) in [6.07, 6.45) is 5.79. The summed E-state index contributed by atoms with van der Waals surface area (Å²) in [6.45, 7) is 2.54. The van der Waals surface area contributed by atoms with E-state index in [2.05, 4.69) is 10.00 Å². The Morgan fingerprint density at radius 2 is 1.90 bits per heavy atom. The summed E-state index contributed by atoms with van der Waals surface area (Å²) >= 11 is 5.86. The van der Waals surface area contributed by atoms with Crippen molar-refractivity contribution in [2.75, 3.05) is 19.6 Å². The predicted molar refractivity (Wildman–Crippen MR) is 78.6 cm³/mol. The number of Topliss-reactive ketones (excluding diaryl/α,β-unsaturated/α-hetero) is 1. The van der Waals surface area contributed by atoms with Crippen LogP contribution in [0.4, 0.5) is 0 Å². The summed E-state index contributed by atoms with van der Waals surface area (Å²) in [5.74, 6) is 0.132. The fourth-order valence-corrected chi connectivity index (χ4v) is 2.56. The second kappa shape index (κ2) is 5.77.